The van der Waals surface area contributed by atoms with Gasteiger partial charge in [-0.05, 0) is 13.8 Å². The van der Waals surface area contributed by atoms with E-state index in [1.54, 1.807) is 0 Å². The zero-order valence-electron chi connectivity index (χ0n) is 8.08. The molecule has 5 N–H and O–H groups in total. The van der Waals surface area contributed by atoms with Crippen molar-refractivity contribution < 1.29 is 30.3 Å². The molecule has 0 heterocycles. The highest BCUT2D eigenvalue weighted by Crippen LogP contribution is 2.16. The van der Waals surface area contributed by atoms with Gasteiger partial charge in [0.2, 0.25) is 0 Å². The summed E-state index contributed by atoms with van der Waals surface area (Å²) in [4.78, 5) is 10.9. The Morgan fingerprint density at radius 2 is 1.79 bits per heavy atom. The van der Waals surface area contributed by atoms with Gasteiger partial charge in [-0.3, -0.25) is 4.79 Å². The third-order valence-corrected chi connectivity index (χ3v) is 2.19. The van der Waals surface area contributed by atoms with Crippen LogP contribution < -0.4 is 0 Å². The molecule has 0 saturated carbocycles. The summed E-state index contributed by atoms with van der Waals surface area (Å²) in [5.41, 5.74) is -2.14. The van der Waals surface area contributed by atoms with Crippen molar-refractivity contribution >= 4 is 5.78 Å². The molecule has 0 aliphatic heterocycles. The quantitative estimate of drug-likeness (QED) is 0.338. The molecule has 0 radical (unpaired) electrons. The van der Waals surface area contributed by atoms with E-state index in [1.807, 2.05) is 0 Å². The SMILES string of the molecule is CC(=O)[C@](C)(O)[C@@H](O)[C@H](O)[C@H](O)CO. The van der Waals surface area contributed by atoms with Crippen LogP contribution in [-0.4, -0.2) is 61.8 Å². The molecule has 0 saturated heterocycles. The van der Waals surface area contributed by atoms with Crippen molar-refractivity contribution in [2.45, 2.75) is 37.8 Å². The summed E-state index contributed by atoms with van der Waals surface area (Å²) in [5.74, 6) is -0.741. The van der Waals surface area contributed by atoms with Gasteiger partial charge in [-0.15, -0.1) is 0 Å². The number of hydrogen-bond donors (Lipinski definition) is 5. The van der Waals surface area contributed by atoms with E-state index >= 15 is 0 Å². The molecule has 0 fully saturated rings. The van der Waals surface area contributed by atoms with Crippen LogP contribution in [0.2, 0.25) is 0 Å². The van der Waals surface area contributed by atoms with Crippen LogP contribution in [0.15, 0.2) is 0 Å². The Hall–Kier alpha value is -0.530. The molecule has 0 bridgehead atoms. The van der Waals surface area contributed by atoms with Gasteiger partial charge in [0.1, 0.15) is 23.9 Å². The van der Waals surface area contributed by atoms with E-state index in [0.29, 0.717) is 0 Å². The van der Waals surface area contributed by atoms with E-state index in [1.165, 1.54) is 0 Å². The Kier molecular flexibility index (Phi) is 4.63. The first-order valence-electron chi connectivity index (χ1n) is 4.13. The number of aliphatic hydroxyl groups excluding tert-OH is 4. The van der Waals surface area contributed by atoms with Crippen molar-refractivity contribution in [3.05, 3.63) is 0 Å². The summed E-state index contributed by atoms with van der Waals surface area (Å²) in [7, 11) is 0. The van der Waals surface area contributed by atoms with E-state index in [4.69, 9.17) is 10.2 Å². The molecule has 0 aromatic heterocycles. The standard InChI is InChI=1S/C8H16O6/c1-4(10)8(2,14)7(13)6(12)5(11)3-9/h5-7,9,11-14H,3H2,1-2H3/t5-,6-,7+,8+/m1/s1. The number of carbonyl (C=O) groups is 1. The number of ketones is 1. The van der Waals surface area contributed by atoms with Crippen LogP contribution in [0.3, 0.4) is 0 Å². The van der Waals surface area contributed by atoms with E-state index in [9.17, 15) is 20.1 Å². The van der Waals surface area contributed by atoms with Crippen molar-refractivity contribution in [1.29, 1.82) is 0 Å². The molecule has 0 aliphatic rings. The van der Waals surface area contributed by atoms with Crippen molar-refractivity contribution in [2.24, 2.45) is 0 Å². The molecular formula is C8H16O6. The van der Waals surface area contributed by atoms with E-state index < -0.39 is 36.3 Å². The number of carbonyl (C=O) groups excluding carboxylic acids is 1. The number of rotatable bonds is 5. The van der Waals surface area contributed by atoms with E-state index in [-0.39, 0.29) is 0 Å². The van der Waals surface area contributed by atoms with Crippen LogP contribution in [0.25, 0.3) is 0 Å². The highest BCUT2D eigenvalue weighted by molar-refractivity contribution is 5.84. The normalized spacial score (nSPS) is 22.2. The summed E-state index contributed by atoms with van der Waals surface area (Å²) in [5, 5.41) is 45.4. The average molecular weight is 208 g/mol. The molecule has 0 amide bonds. The largest absolute Gasteiger partial charge is 0.394 e. The lowest BCUT2D eigenvalue weighted by atomic mass is 9.89. The highest BCUT2D eigenvalue weighted by Gasteiger charge is 2.42. The zero-order valence-corrected chi connectivity index (χ0v) is 8.08. The summed E-state index contributed by atoms with van der Waals surface area (Å²) in [6.07, 6.45) is -5.23. The van der Waals surface area contributed by atoms with Gasteiger partial charge in [-0.1, -0.05) is 0 Å². The predicted octanol–water partition coefficient (Wildman–Crippen LogP) is -2.60. The van der Waals surface area contributed by atoms with Gasteiger partial charge >= 0.3 is 0 Å². The van der Waals surface area contributed by atoms with Crippen LogP contribution in [0.4, 0.5) is 0 Å². The minimum absolute atomic E-state index is 0.741. The highest BCUT2D eigenvalue weighted by atomic mass is 16.4. The second-order valence-corrected chi connectivity index (χ2v) is 3.39. The molecule has 0 aliphatic carbocycles. The van der Waals surface area contributed by atoms with Crippen LogP contribution in [0.5, 0.6) is 0 Å². The molecule has 6 nitrogen and oxygen atoms in total. The molecule has 14 heavy (non-hydrogen) atoms. The van der Waals surface area contributed by atoms with Crippen LogP contribution in [0.1, 0.15) is 13.8 Å². The van der Waals surface area contributed by atoms with Crippen molar-refractivity contribution in [3.8, 4) is 0 Å². The topological polar surface area (TPSA) is 118 Å². The molecule has 0 aromatic carbocycles. The third kappa shape index (κ3) is 2.73. The molecule has 4 atom stereocenters. The lowest BCUT2D eigenvalue weighted by Crippen LogP contribution is -2.55. The van der Waals surface area contributed by atoms with Crippen molar-refractivity contribution in [3.63, 3.8) is 0 Å². The molecule has 0 rings (SSSR count). The molecular weight excluding hydrogens is 192 g/mol. The first kappa shape index (κ1) is 13.5. The predicted molar refractivity (Wildman–Crippen MR) is 46.4 cm³/mol. The fraction of sp³-hybridized carbons (Fsp3) is 0.875. The second-order valence-electron chi connectivity index (χ2n) is 3.39. The van der Waals surface area contributed by atoms with Crippen molar-refractivity contribution in [2.75, 3.05) is 6.61 Å². The molecule has 0 aromatic rings. The Labute approximate surface area is 81.4 Å². The van der Waals surface area contributed by atoms with Gasteiger partial charge in [-0.25, -0.2) is 0 Å². The number of hydrogen-bond acceptors (Lipinski definition) is 6. The molecule has 6 heteroatoms. The Morgan fingerprint density at radius 3 is 2.07 bits per heavy atom. The smallest absolute Gasteiger partial charge is 0.163 e. The summed E-state index contributed by atoms with van der Waals surface area (Å²) in [6.45, 7) is 1.29. The third-order valence-electron chi connectivity index (χ3n) is 2.19. The minimum Gasteiger partial charge on any atom is -0.394 e. The van der Waals surface area contributed by atoms with Gasteiger partial charge < -0.3 is 25.5 Å². The fourth-order valence-corrected chi connectivity index (χ4v) is 0.859. The zero-order chi connectivity index (χ0) is 11.5. The maximum atomic E-state index is 10.9. The lowest BCUT2D eigenvalue weighted by molar-refractivity contribution is -0.168. The maximum Gasteiger partial charge on any atom is 0.163 e. The van der Waals surface area contributed by atoms with E-state index in [0.717, 1.165) is 13.8 Å². The lowest BCUT2D eigenvalue weighted by Gasteiger charge is -2.31. The molecule has 84 valence electrons. The van der Waals surface area contributed by atoms with Gasteiger partial charge in [-0.2, -0.15) is 0 Å². The molecule has 0 spiro atoms. The van der Waals surface area contributed by atoms with E-state index in [2.05, 4.69) is 0 Å². The van der Waals surface area contributed by atoms with Crippen LogP contribution >= 0.6 is 0 Å². The van der Waals surface area contributed by atoms with Gasteiger partial charge in [0.15, 0.2) is 5.78 Å². The number of Topliss-reactive ketones (excluding diaryl/α,β-unsaturated/α-hetero) is 1. The molecule has 0 unspecified atom stereocenters. The minimum atomic E-state index is -2.14. The monoisotopic (exact) mass is 208 g/mol. The summed E-state index contributed by atoms with van der Waals surface area (Å²) < 4.78 is 0. The average Bonchev–Trinajstić information content (AvgIpc) is 2.13. The Morgan fingerprint density at radius 1 is 1.36 bits per heavy atom. The number of aliphatic hydroxyl groups is 5. The van der Waals surface area contributed by atoms with Crippen LogP contribution in [0, 0.1) is 0 Å². The Balaban J connectivity index is 4.60. The Bertz CT molecular complexity index is 202. The van der Waals surface area contributed by atoms with Crippen LogP contribution in [-0.2, 0) is 4.79 Å². The van der Waals surface area contributed by atoms with Gasteiger partial charge in [0.05, 0.1) is 6.61 Å². The summed E-state index contributed by atoms with van der Waals surface area (Å²) >= 11 is 0. The van der Waals surface area contributed by atoms with Gasteiger partial charge in [0, 0.05) is 0 Å². The maximum absolute atomic E-state index is 10.9. The fourth-order valence-electron chi connectivity index (χ4n) is 0.859. The first-order chi connectivity index (χ1) is 6.25. The first-order valence-corrected chi connectivity index (χ1v) is 4.13. The van der Waals surface area contributed by atoms with Gasteiger partial charge in [0.25, 0.3) is 0 Å². The summed E-state index contributed by atoms with van der Waals surface area (Å²) in [6, 6.07) is 0. The second kappa shape index (κ2) is 4.81. The van der Waals surface area contributed by atoms with Crippen molar-refractivity contribution in [1.82, 2.24) is 0 Å².